The van der Waals surface area contributed by atoms with Gasteiger partial charge in [0.1, 0.15) is 17.3 Å². The van der Waals surface area contributed by atoms with Gasteiger partial charge < -0.3 is 9.73 Å². The van der Waals surface area contributed by atoms with E-state index in [1.165, 1.54) is 18.5 Å². The average molecular weight is 238 g/mol. The Hall–Kier alpha value is -1.75. The third kappa shape index (κ3) is 2.50. The summed E-state index contributed by atoms with van der Waals surface area (Å²) in [6.07, 6.45) is 1.25. The van der Waals surface area contributed by atoms with Crippen LogP contribution in [0, 0.1) is 11.6 Å². The highest BCUT2D eigenvalue weighted by atomic mass is 19.1. The topological polar surface area (TPSA) is 38.1 Å². The zero-order chi connectivity index (χ0) is 12.3. The molecule has 0 spiro atoms. The van der Waals surface area contributed by atoms with Gasteiger partial charge in [0.25, 0.3) is 0 Å². The van der Waals surface area contributed by atoms with Gasteiger partial charge in [0, 0.05) is 12.6 Å². The third-order valence-corrected chi connectivity index (χ3v) is 2.36. The third-order valence-electron chi connectivity index (χ3n) is 2.36. The molecule has 1 N–H and O–H groups in total. The highest BCUT2D eigenvalue weighted by molar-refractivity contribution is 5.60. The van der Waals surface area contributed by atoms with Crippen molar-refractivity contribution in [2.45, 2.75) is 13.5 Å². The van der Waals surface area contributed by atoms with Crippen molar-refractivity contribution in [3.8, 4) is 11.3 Å². The summed E-state index contributed by atoms with van der Waals surface area (Å²) >= 11 is 0. The van der Waals surface area contributed by atoms with Gasteiger partial charge in [-0.05, 0) is 18.7 Å². The van der Waals surface area contributed by atoms with E-state index >= 15 is 0 Å². The Kier molecular flexibility index (Phi) is 3.49. The van der Waals surface area contributed by atoms with E-state index in [0.29, 0.717) is 18.0 Å². The monoisotopic (exact) mass is 238 g/mol. The molecule has 90 valence electrons. The second kappa shape index (κ2) is 5.05. The number of hydrogen-bond donors (Lipinski definition) is 1. The standard InChI is InChI=1S/C12H12F2N2O/c1-2-15-6-11-12(17-7-16-11)9-4-3-8(13)5-10(9)14/h3-5,7,15H,2,6H2,1H3. The van der Waals surface area contributed by atoms with E-state index in [9.17, 15) is 8.78 Å². The molecule has 0 saturated carbocycles. The molecule has 0 amide bonds. The molecule has 5 heteroatoms. The number of benzene rings is 1. The summed E-state index contributed by atoms with van der Waals surface area (Å²) < 4.78 is 31.5. The Bertz CT molecular complexity index is 511. The van der Waals surface area contributed by atoms with Gasteiger partial charge in [0.05, 0.1) is 5.56 Å². The number of rotatable bonds is 4. The maximum atomic E-state index is 13.6. The quantitative estimate of drug-likeness (QED) is 0.890. The number of halogens is 2. The maximum Gasteiger partial charge on any atom is 0.181 e. The van der Waals surface area contributed by atoms with Crippen molar-refractivity contribution in [1.29, 1.82) is 0 Å². The van der Waals surface area contributed by atoms with Crippen LogP contribution in [0.3, 0.4) is 0 Å². The Labute approximate surface area is 97.5 Å². The fraction of sp³-hybridized carbons (Fsp3) is 0.250. The maximum absolute atomic E-state index is 13.6. The van der Waals surface area contributed by atoms with E-state index in [0.717, 1.165) is 12.6 Å². The molecule has 0 saturated heterocycles. The van der Waals surface area contributed by atoms with Gasteiger partial charge >= 0.3 is 0 Å². The van der Waals surface area contributed by atoms with Crippen LogP contribution in [0.4, 0.5) is 8.78 Å². The van der Waals surface area contributed by atoms with E-state index in [1.807, 2.05) is 6.92 Å². The van der Waals surface area contributed by atoms with Crippen molar-refractivity contribution in [3.63, 3.8) is 0 Å². The van der Waals surface area contributed by atoms with Gasteiger partial charge in [0.15, 0.2) is 12.2 Å². The van der Waals surface area contributed by atoms with Crippen LogP contribution in [-0.4, -0.2) is 11.5 Å². The van der Waals surface area contributed by atoms with Crippen LogP contribution in [0.1, 0.15) is 12.6 Å². The summed E-state index contributed by atoms with van der Waals surface area (Å²) in [5.41, 5.74) is 0.828. The molecule has 1 heterocycles. The lowest BCUT2D eigenvalue weighted by molar-refractivity contribution is 0.552. The lowest BCUT2D eigenvalue weighted by atomic mass is 10.1. The molecule has 1 aromatic carbocycles. The van der Waals surface area contributed by atoms with Crippen LogP contribution in [0.25, 0.3) is 11.3 Å². The van der Waals surface area contributed by atoms with Gasteiger partial charge in [-0.25, -0.2) is 13.8 Å². The van der Waals surface area contributed by atoms with Crippen molar-refractivity contribution >= 4 is 0 Å². The van der Waals surface area contributed by atoms with E-state index < -0.39 is 11.6 Å². The number of oxazole rings is 1. The largest absolute Gasteiger partial charge is 0.443 e. The number of nitrogens with zero attached hydrogens (tertiary/aromatic N) is 1. The number of nitrogens with one attached hydrogen (secondary N) is 1. The molecule has 2 rings (SSSR count). The van der Waals surface area contributed by atoms with Gasteiger partial charge in [-0.15, -0.1) is 0 Å². The predicted octanol–water partition coefficient (Wildman–Crippen LogP) is 2.73. The Morgan fingerprint density at radius 1 is 1.35 bits per heavy atom. The van der Waals surface area contributed by atoms with E-state index in [-0.39, 0.29) is 5.56 Å². The van der Waals surface area contributed by atoms with E-state index in [1.54, 1.807) is 0 Å². The first-order valence-corrected chi connectivity index (χ1v) is 5.31. The smallest absolute Gasteiger partial charge is 0.181 e. The summed E-state index contributed by atoms with van der Waals surface area (Å²) in [6, 6.07) is 3.37. The first kappa shape index (κ1) is 11.7. The Morgan fingerprint density at radius 3 is 2.88 bits per heavy atom. The van der Waals surface area contributed by atoms with Crippen molar-refractivity contribution < 1.29 is 13.2 Å². The highest BCUT2D eigenvalue weighted by Crippen LogP contribution is 2.26. The summed E-state index contributed by atoms with van der Waals surface area (Å²) in [7, 11) is 0. The molecule has 3 nitrogen and oxygen atoms in total. The summed E-state index contributed by atoms with van der Waals surface area (Å²) in [5, 5.41) is 3.07. The zero-order valence-corrected chi connectivity index (χ0v) is 9.34. The Balaban J connectivity index is 2.35. The second-order valence-electron chi connectivity index (χ2n) is 3.53. The molecule has 0 unspecified atom stereocenters. The molecular formula is C12H12F2N2O. The van der Waals surface area contributed by atoms with Crippen LogP contribution in [0.2, 0.25) is 0 Å². The average Bonchev–Trinajstić information content (AvgIpc) is 2.74. The number of hydrogen-bond acceptors (Lipinski definition) is 3. The molecule has 0 aliphatic carbocycles. The van der Waals surface area contributed by atoms with Crippen molar-refractivity contribution in [2.75, 3.05) is 6.54 Å². The molecule has 0 bridgehead atoms. The molecule has 2 aromatic rings. The lowest BCUT2D eigenvalue weighted by Crippen LogP contribution is -2.12. The minimum Gasteiger partial charge on any atom is -0.443 e. The lowest BCUT2D eigenvalue weighted by Gasteiger charge is -2.03. The molecular weight excluding hydrogens is 226 g/mol. The van der Waals surface area contributed by atoms with Crippen LogP contribution < -0.4 is 5.32 Å². The van der Waals surface area contributed by atoms with Crippen molar-refractivity contribution in [1.82, 2.24) is 10.3 Å². The zero-order valence-electron chi connectivity index (χ0n) is 9.34. The summed E-state index contributed by atoms with van der Waals surface area (Å²) in [6.45, 7) is 3.22. The minimum atomic E-state index is -0.653. The molecule has 17 heavy (non-hydrogen) atoms. The molecule has 0 radical (unpaired) electrons. The minimum absolute atomic E-state index is 0.219. The van der Waals surface area contributed by atoms with E-state index in [2.05, 4.69) is 10.3 Å². The van der Waals surface area contributed by atoms with E-state index in [4.69, 9.17) is 4.42 Å². The normalized spacial score (nSPS) is 10.8. The molecule has 0 aliphatic rings. The first-order chi connectivity index (χ1) is 8.22. The predicted molar refractivity (Wildman–Crippen MR) is 59.2 cm³/mol. The molecule has 0 aliphatic heterocycles. The number of aromatic nitrogens is 1. The SMILES string of the molecule is CCNCc1ncoc1-c1ccc(F)cc1F. The molecule has 1 aromatic heterocycles. The molecule has 0 atom stereocenters. The van der Waals surface area contributed by atoms with Gasteiger partial charge in [-0.1, -0.05) is 6.92 Å². The van der Waals surface area contributed by atoms with Crippen LogP contribution in [0.15, 0.2) is 29.0 Å². The Morgan fingerprint density at radius 2 is 2.18 bits per heavy atom. The van der Waals surface area contributed by atoms with Crippen LogP contribution >= 0.6 is 0 Å². The highest BCUT2D eigenvalue weighted by Gasteiger charge is 2.14. The van der Waals surface area contributed by atoms with Gasteiger partial charge in [0.2, 0.25) is 0 Å². The second-order valence-corrected chi connectivity index (χ2v) is 3.53. The summed E-state index contributed by atoms with van der Waals surface area (Å²) in [4.78, 5) is 4.00. The fourth-order valence-electron chi connectivity index (χ4n) is 1.53. The molecule has 0 fully saturated rings. The van der Waals surface area contributed by atoms with Crippen LogP contribution in [-0.2, 0) is 6.54 Å². The first-order valence-electron chi connectivity index (χ1n) is 5.31. The van der Waals surface area contributed by atoms with Gasteiger partial charge in [-0.2, -0.15) is 0 Å². The fourth-order valence-corrected chi connectivity index (χ4v) is 1.53. The van der Waals surface area contributed by atoms with Crippen LogP contribution in [0.5, 0.6) is 0 Å². The summed E-state index contributed by atoms with van der Waals surface area (Å²) in [5.74, 6) is -0.929. The van der Waals surface area contributed by atoms with Gasteiger partial charge in [-0.3, -0.25) is 0 Å². The van der Waals surface area contributed by atoms with Crippen molar-refractivity contribution in [2.24, 2.45) is 0 Å². The van der Waals surface area contributed by atoms with Crippen molar-refractivity contribution in [3.05, 3.63) is 41.9 Å².